The number of ether oxygens (including phenoxy) is 4. The van der Waals surface area contributed by atoms with E-state index >= 15 is 0 Å². The quantitative estimate of drug-likeness (QED) is 0.524. The maximum Gasteiger partial charge on any atom is 0.311 e. The average Bonchev–Trinajstić information content (AvgIpc) is 3.19. The third-order valence-electron chi connectivity index (χ3n) is 4.60. The topological polar surface area (TPSA) is 100 Å². The van der Waals surface area contributed by atoms with E-state index in [0.717, 1.165) is 5.56 Å². The van der Waals surface area contributed by atoms with Crippen molar-refractivity contribution in [1.82, 2.24) is 5.32 Å². The van der Waals surface area contributed by atoms with Crippen LogP contribution in [-0.4, -0.2) is 37.7 Å². The second kappa shape index (κ2) is 9.30. The Morgan fingerprint density at radius 2 is 1.87 bits per heavy atom. The molecule has 0 saturated heterocycles. The lowest BCUT2D eigenvalue weighted by atomic mass is 10.0. The molecule has 1 N–H and O–H groups in total. The van der Waals surface area contributed by atoms with Gasteiger partial charge < -0.3 is 24.3 Å². The summed E-state index contributed by atoms with van der Waals surface area (Å²) in [4.78, 5) is 36.2. The van der Waals surface area contributed by atoms with Crippen LogP contribution in [0.1, 0.15) is 35.3 Å². The van der Waals surface area contributed by atoms with Gasteiger partial charge in [-0.2, -0.15) is 0 Å². The van der Waals surface area contributed by atoms with Crippen molar-refractivity contribution >= 4 is 17.7 Å². The van der Waals surface area contributed by atoms with Crippen LogP contribution in [0.25, 0.3) is 0 Å². The predicted molar refractivity (Wildman–Crippen MR) is 107 cm³/mol. The van der Waals surface area contributed by atoms with Gasteiger partial charge in [0.2, 0.25) is 6.79 Å². The molecule has 1 heterocycles. The molecule has 8 heteroatoms. The maximum atomic E-state index is 12.3. The van der Waals surface area contributed by atoms with Gasteiger partial charge in [-0.3, -0.25) is 14.4 Å². The minimum atomic E-state index is -0.978. The summed E-state index contributed by atoms with van der Waals surface area (Å²) in [6.45, 7) is 3.37. The Labute approximate surface area is 174 Å². The molecule has 2 aromatic rings. The molecule has 1 aliphatic rings. The third kappa shape index (κ3) is 5.08. The van der Waals surface area contributed by atoms with Gasteiger partial charge in [0, 0.05) is 17.7 Å². The predicted octanol–water partition coefficient (Wildman–Crippen LogP) is 2.42. The van der Waals surface area contributed by atoms with Gasteiger partial charge in [-0.25, -0.2) is 0 Å². The zero-order valence-electron chi connectivity index (χ0n) is 17.0. The number of Topliss-reactive ketones (excluding diaryl/α,β-unsaturated/α-hetero) is 1. The molecule has 30 heavy (non-hydrogen) atoms. The van der Waals surface area contributed by atoms with Crippen molar-refractivity contribution in [2.75, 3.05) is 13.9 Å². The van der Waals surface area contributed by atoms with Gasteiger partial charge in [0.25, 0.3) is 5.91 Å². The molecule has 0 saturated carbocycles. The summed E-state index contributed by atoms with van der Waals surface area (Å²) in [6, 6.07) is 10.2. The van der Waals surface area contributed by atoms with Crippen LogP contribution < -0.4 is 19.5 Å². The first kappa shape index (κ1) is 21.2. The number of nitrogens with one attached hydrogen (secondary N) is 1. The van der Waals surface area contributed by atoms with Crippen molar-refractivity contribution in [3.8, 4) is 17.2 Å². The zero-order chi connectivity index (χ0) is 21.7. The van der Waals surface area contributed by atoms with Gasteiger partial charge in [-0.15, -0.1) is 0 Å². The molecule has 1 atom stereocenters. The highest BCUT2D eigenvalue weighted by Crippen LogP contribution is 2.32. The fourth-order valence-electron chi connectivity index (χ4n) is 2.97. The number of carbonyl (C=O) groups excluding carboxylic acids is 3. The second-order valence-electron chi connectivity index (χ2n) is 6.80. The van der Waals surface area contributed by atoms with E-state index in [2.05, 4.69) is 5.32 Å². The summed E-state index contributed by atoms with van der Waals surface area (Å²) in [6.07, 6.45) is -1.10. The Kier molecular flexibility index (Phi) is 6.56. The van der Waals surface area contributed by atoms with E-state index in [-0.39, 0.29) is 25.5 Å². The van der Waals surface area contributed by atoms with Crippen molar-refractivity contribution in [2.24, 2.45) is 0 Å². The molecule has 1 amide bonds. The Hall–Kier alpha value is -3.55. The Balaban J connectivity index is 1.54. The van der Waals surface area contributed by atoms with Crippen molar-refractivity contribution in [1.29, 1.82) is 0 Å². The van der Waals surface area contributed by atoms with Crippen molar-refractivity contribution < 1.29 is 33.3 Å². The van der Waals surface area contributed by atoms with Crippen molar-refractivity contribution in [3.63, 3.8) is 0 Å². The fraction of sp³-hybridized carbons (Fsp3) is 0.318. The van der Waals surface area contributed by atoms with Crippen LogP contribution in [0.5, 0.6) is 17.2 Å². The molecule has 3 rings (SSSR count). The molecule has 0 spiro atoms. The van der Waals surface area contributed by atoms with E-state index in [1.54, 1.807) is 30.3 Å². The van der Waals surface area contributed by atoms with Crippen LogP contribution in [-0.2, 0) is 27.3 Å². The number of hydrogen-bond acceptors (Lipinski definition) is 7. The smallest absolute Gasteiger partial charge is 0.311 e. The van der Waals surface area contributed by atoms with E-state index in [1.807, 2.05) is 6.07 Å². The SMILES string of the molecule is COc1ccc(C(C)=O)cc1CC(=O)O[C@H](C)C(=O)NCc1ccc2c(c1)OCO2. The minimum Gasteiger partial charge on any atom is -0.496 e. The van der Waals surface area contributed by atoms with Crippen LogP contribution in [0.4, 0.5) is 0 Å². The molecule has 0 fully saturated rings. The minimum absolute atomic E-state index is 0.121. The monoisotopic (exact) mass is 413 g/mol. The molecule has 0 aromatic heterocycles. The van der Waals surface area contributed by atoms with Crippen LogP contribution in [0.2, 0.25) is 0 Å². The molecule has 0 unspecified atom stereocenters. The van der Waals surface area contributed by atoms with Gasteiger partial charge in [-0.05, 0) is 49.7 Å². The maximum absolute atomic E-state index is 12.3. The lowest BCUT2D eigenvalue weighted by Gasteiger charge is -2.15. The summed E-state index contributed by atoms with van der Waals surface area (Å²) >= 11 is 0. The number of esters is 1. The van der Waals surface area contributed by atoms with E-state index in [9.17, 15) is 14.4 Å². The molecular weight excluding hydrogens is 390 g/mol. The van der Waals surface area contributed by atoms with Gasteiger partial charge in [-0.1, -0.05) is 6.07 Å². The summed E-state index contributed by atoms with van der Waals surface area (Å²) in [5.74, 6) is 0.616. The number of methoxy groups -OCH3 is 1. The van der Waals surface area contributed by atoms with E-state index in [0.29, 0.717) is 28.4 Å². The lowest BCUT2D eigenvalue weighted by molar-refractivity contribution is -0.154. The summed E-state index contributed by atoms with van der Waals surface area (Å²) < 4.78 is 21.0. The van der Waals surface area contributed by atoms with Gasteiger partial charge in [0.15, 0.2) is 23.4 Å². The van der Waals surface area contributed by atoms with Gasteiger partial charge >= 0.3 is 5.97 Å². The standard InChI is InChI=1S/C22H23NO7/c1-13(24)16-5-7-18(27-3)17(9-16)10-21(25)30-14(2)22(26)23-11-15-4-6-19-20(8-15)29-12-28-19/h4-9,14H,10-12H2,1-3H3,(H,23,26)/t14-/m1/s1. The number of rotatable bonds is 8. The number of fused-ring (bicyclic) bond motifs is 1. The first-order valence-corrected chi connectivity index (χ1v) is 9.41. The van der Waals surface area contributed by atoms with Gasteiger partial charge in [0.05, 0.1) is 13.5 Å². The normalized spacial score (nSPS) is 12.8. The van der Waals surface area contributed by atoms with Crippen LogP contribution in [0, 0.1) is 0 Å². The van der Waals surface area contributed by atoms with Crippen molar-refractivity contribution in [3.05, 3.63) is 53.1 Å². The Morgan fingerprint density at radius 3 is 2.60 bits per heavy atom. The Bertz CT molecular complexity index is 970. The summed E-state index contributed by atoms with van der Waals surface area (Å²) in [7, 11) is 1.48. The number of benzene rings is 2. The average molecular weight is 413 g/mol. The highest BCUT2D eigenvalue weighted by molar-refractivity contribution is 5.94. The van der Waals surface area contributed by atoms with Crippen LogP contribution >= 0.6 is 0 Å². The second-order valence-corrected chi connectivity index (χ2v) is 6.80. The molecule has 0 radical (unpaired) electrons. The van der Waals surface area contributed by atoms with E-state index in [4.69, 9.17) is 18.9 Å². The third-order valence-corrected chi connectivity index (χ3v) is 4.60. The summed E-state index contributed by atoms with van der Waals surface area (Å²) in [5.41, 5.74) is 1.81. The largest absolute Gasteiger partial charge is 0.496 e. The Morgan fingerprint density at radius 1 is 1.10 bits per heavy atom. The van der Waals surface area contributed by atoms with Crippen LogP contribution in [0.15, 0.2) is 36.4 Å². The number of amides is 1. The zero-order valence-corrected chi connectivity index (χ0v) is 17.0. The fourth-order valence-corrected chi connectivity index (χ4v) is 2.97. The lowest BCUT2D eigenvalue weighted by Crippen LogP contribution is -2.35. The van der Waals surface area contributed by atoms with Gasteiger partial charge in [0.1, 0.15) is 5.75 Å². The first-order valence-electron chi connectivity index (χ1n) is 9.41. The number of ketones is 1. The van der Waals surface area contributed by atoms with E-state index in [1.165, 1.54) is 21.0 Å². The molecular formula is C22H23NO7. The molecule has 158 valence electrons. The van der Waals surface area contributed by atoms with E-state index < -0.39 is 18.0 Å². The first-order chi connectivity index (χ1) is 14.4. The molecule has 1 aliphatic heterocycles. The number of hydrogen-bond donors (Lipinski definition) is 1. The molecule has 0 bridgehead atoms. The molecule has 2 aromatic carbocycles. The highest BCUT2D eigenvalue weighted by Gasteiger charge is 2.20. The highest BCUT2D eigenvalue weighted by atomic mass is 16.7. The molecule has 0 aliphatic carbocycles. The summed E-state index contributed by atoms with van der Waals surface area (Å²) in [5, 5.41) is 2.72. The molecule has 8 nitrogen and oxygen atoms in total. The van der Waals surface area contributed by atoms with Crippen molar-refractivity contribution in [2.45, 2.75) is 32.9 Å². The van der Waals surface area contributed by atoms with Crippen LogP contribution in [0.3, 0.4) is 0 Å². The number of carbonyl (C=O) groups is 3.